The number of amides is 2. The third kappa shape index (κ3) is 8.92. The Morgan fingerprint density at radius 1 is 1.11 bits per heavy atom. The highest BCUT2D eigenvalue weighted by Gasteiger charge is 2.34. The Bertz CT molecular complexity index is 1180. The van der Waals surface area contributed by atoms with Crippen LogP contribution < -0.4 is 9.62 Å². The van der Waals surface area contributed by atoms with Gasteiger partial charge in [-0.15, -0.1) is 0 Å². The van der Waals surface area contributed by atoms with Crippen molar-refractivity contribution in [1.82, 2.24) is 10.2 Å². The van der Waals surface area contributed by atoms with E-state index in [9.17, 15) is 31.2 Å². The van der Waals surface area contributed by atoms with Crippen LogP contribution in [0.5, 0.6) is 0 Å². The van der Waals surface area contributed by atoms with Crippen molar-refractivity contribution in [2.24, 2.45) is 0 Å². The van der Waals surface area contributed by atoms with Crippen LogP contribution in [0, 0.1) is 0 Å². The average molecular weight is 562 g/mol. The van der Waals surface area contributed by atoms with Gasteiger partial charge in [-0.3, -0.25) is 13.9 Å². The van der Waals surface area contributed by atoms with Crippen LogP contribution in [0.1, 0.15) is 37.8 Å². The maximum Gasteiger partial charge on any atom is 0.416 e. The summed E-state index contributed by atoms with van der Waals surface area (Å²) in [5.41, 5.74) is -0.701. The summed E-state index contributed by atoms with van der Waals surface area (Å²) < 4.78 is 65.6. The van der Waals surface area contributed by atoms with Gasteiger partial charge >= 0.3 is 6.18 Å². The summed E-state index contributed by atoms with van der Waals surface area (Å²) in [6.07, 6.45) is -2.01. The first kappa shape index (κ1) is 30.4. The summed E-state index contributed by atoms with van der Waals surface area (Å²) in [6, 6.07) is 10.5. The number of hydrogen-bond acceptors (Lipinski definition) is 4. The molecule has 0 saturated carbocycles. The van der Waals surface area contributed by atoms with Gasteiger partial charge in [-0.05, 0) is 43.5 Å². The van der Waals surface area contributed by atoms with E-state index in [4.69, 9.17) is 11.6 Å². The molecule has 0 aliphatic carbocycles. The fourth-order valence-corrected chi connectivity index (χ4v) is 4.70. The number of carbonyl (C=O) groups excluding carboxylic acids is 2. The van der Waals surface area contributed by atoms with Gasteiger partial charge in [-0.2, -0.15) is 13.2 Å². The van der Waals surface area contributed by atoms with Crippen molar-refractivity contribution in [3.8, 4) is 0 Å². The molecule has 0 fully saturated rings. The minimum atomic E-state index is -4.75. The Morgan fingerprint density at radius 3 is 2.32 bits per heavy atom. The van der Waals surface area contributed by atoms with Crippen molar-refractivity contribution in [3.05, 3.63) is 64.7 Å². The van der Waals surface area contributed by atoms with E-state index in [0.29, 0.717) is 23.3 Å². The highest BCUT2D eigenvalue weighted by molar-refractivity contribution is 7.92. The molecule has 37 heavy (non-hydrogen) atoms. The molecular weight excluding hydrogens is 531 g/mol. The molecule has 2 aromatic carbocycles. The summed E-state index contributed by atoms with van der Waals surface area (Å²) in [4.78, 5) is 27.4. The minimum absolute atomic E-state index is 0.0825. The van der Waals surface area contributed by atoms with Crippen molar-refractivity contribution >= 4 is 39.1 Å². The monoisotopic (exact) mass is 561 g/mol. The van der Waals surface area contributed by atoms with E-state index < -0.39 is 51.9 Å². The Balaban J connectivity index is 2.39. The number of anilines is 1. The number of carbonyl (C=O) groups is 2. The maximum absolute atomic E-state index is 13.4. The fourth-order valence-electron chi connectivity index (χ4n) is 3.58. The molecule has 7 nitrogen and oxygen atoms in total. The van der Waals surface area contributed by atoms with Gasteiger partial charge in [0, 0.05) is 13.1 Å². The molecule has 1 N–H and O–H groups in total. The Kier molecular flexibility index (Phi) is 10.8. The second-order valence-corrected chi connectivity index (χ2v) is 10.9. The molecule has 204 valence electrons. The largest absolute Gasteiger partial charge is 0.416 e. The van der Waals surface area contributed by atoms with E-state index in [2.05, 4.69) is 5.32 Å². The van der Waals surface area contributed by atoms with Crippen LogP contribution >= 0.6 is 11.6 Å². The molecule has 0 radical (unpaired) electrons. The van der Waals surface area contributed by atoms with Gasteiger partial charge in [0.05, 0.1) is 22.5 Å². The molecule has 0 spiro atoms. The molecule has 0 aromatic heterocycles. The number of benzene rings is 2. The van der Waals surface area contributed by atoms with Gasteiger partial charge in [-0.25, -0.2) is 8.42 Å². The second kappa shape index (κ2) is 13.1. The number of nitrogens with one attached hydrogen (secondary N) is 1. The van der Waals surface area contributed by atoms with Crippen LogP contribution in [-0.2, 0) is 32.2 Å². The number of hydrogen-bond donors (Lipinski definition) is 1. The van der Waals surface area contributed by atoms with Crippen molar-refractivity contribution in [1.29, 1.82) is 0 Å². The third-order valence-electron chi connectivity index (χ3n) is 5.70. The number of rotatable bonds is 12. The molecule has 0 aliphatic heterocycles. The lowest BCUT2D eigenvalue weighted by Crippen LogP contribution is -2.52. The van der Waals surface area contributed by atoms with Crippen LogP contribution in [0.15, 0.2) is 48.5 Å². The van der Waals surface area contributed by atoms with Crippen molar-refractivity contribution in [3.63, 3.8) is 0 Å². The molecule has 2 rings (SSSR count). The fraction of sp³-hybridized carbons (Fsp3) is 0.440. The number of halogens is 4. The molecule has 12 heteroatoms. The molecule has 2 aromatic rings. The summed E-state index contributed by atoms with van der Waals surface area (Å²) in [6.45, 7) is 3.15. The first-order valence-electron chi connectivity index (χ1n) is 11.7. The SMILES string of the molecule is CCCCNC(=O)C(C)N(CCc1ccccc1)C(=O)CN(c1cc(C(F)(F)F)ccc1Cl)S(C)(=O)=O. The van der Waals surface area contributed by atoms with Gasteiger partial charge in [0.2, 0.25) is 21.8 Å². The van der Waals surface area contributed by atoms with Crippen molar-refractivity contribution < 1.29 is 31.2 Å². The zero-order chi connectivity index (χ0) is 27.8. The summed E-state index contributed by atoms with van der Waals surface area (Å²) in [5, 5.41) is 2.48. The quantitative estimate of drug-likeness (QED) is 0.387. The number of alkyl halides is 3. The predicted octanol–water partition coefficient (Wildman–Crippen LogP) is 4.50. The second-order valence-electron chi connectivity index (χ2n) is 8.58. The van der Waals surface area contributed by atoms with Gasteiger partial charge in [0.1, 0.15) is 12.6 Å². The smallest absolute Gasteiger partial charge is 0.354 e. The molecule has 0 bridgehead atoms. The molecule has 1 atom stereocenters. The van der Waals surface area contributed by atoms with Crippen LogP contribution in [0.4, 0.5) is 18.9 Å². The van der Waals surface area contributed by atoms with Crippen molar-refractivity contribution in [2.75, 3.05) is 30.2 Å². The lowest BCUT2D eigenvalue weighted by Gasteiger charge is -2.32. The van der Waals surface area contributed by atoms with E-state index in [-0.39, 0.29) is 11.6 Å². The molecule has 2 amide bonds. The number of nitrogens with zero attached hydrogens (tertiary/aromatic N) is 2. The topological polar surface area (TPSA) is 86.8 Å². The minimum Gasteiger partial charge on any atom is -0.354 e. The molecule has 0 aliphatic rings. The highest BCUT2D eigenvalue weighted by Crippen LogP contribution is 2.36. The van der Waals surface area contributed by atoms with Crippen molar-refractivity contribution in [2.45, 2.75) is 45.3 Å². The van der Waals surface area contributed by atoms with Crippen LogP contribution in [0.3, 0.4) is 0 Å². The van der Waals surface area contributed by atoms with Gasteiger partial charge < -0.3 is 10.2 Å². The molecule has 0 heterocycles. The van der Waals surface area contributed by atoms with Crippen LogP contribution in [0.2, 0.25) is 5.02 Å². The van der Waals surface area contributed by atoms with Crippen LogP contribution in [-0.4, -0.2) is 57.1 Å². The first-order valence-corrected chi connectivity index (χ1v) is 13.9. The van der Waals surface area contributed by atoms with E-state index in [1.165, 1.54) is 11.8 Å². The predicted molar refractivity (Wildman–Crippen MR) is 138 cm³/mol. The maximum atomic E-state index is 13.4. The summed E-state index contributed by atoms with van der Waals surface area (Å²) >= 11 is 6.07. The normalized spacial score (nSPS) is 12.6. The Morgan fingerprint density at radius 2 is 1.76 bits per heavy atom. The molecule has 0 saturated heterocycles. The summed E-state index contributed by atoms with van der Waals surface area (Å²) in [5.74, 6) is -1.18. The number of unbranched alkanes of at least 4 members (excludes halogenated alkanes) is 1. The molecular formula is C25H31ClF3N3O4S. The summed E-state index contributed by atoms with van der Waals surface area (Å²) in [7, 11) is -4.23. The molecule has 1 unspecified atom stereocenters. The Hall–Kier alpha value is -2.79. The average Bonchev–Trinajstić information content (AvgIpc) is 2.82. The van der Waals surface area contributed by atoms with E-state index >= 15 is 0 Å². The van der Waals surface area contributed by atoms with E-state index in [0.717, 1.165) is 36.8 Å². The van der Waals surface area contributed by atoms with Crippen LogP contribution in [0.25, 0.3) is 0 Å². The zero-order valence-electron chi connectivity index (χ0n) is 20.9. The Labute approximate surface area is 220 Å². The van der Waals surface area contributed by atoms with Gasteiger partial charge in [-0.1, -0.05) is 55.3 Å². The van der Waals surface area contributed by atoms with E-state index in [1.807, 2.05) is 37.3 Å². The number of sulfonamides is 1. The van der Waals surface area contributed by atoms with Gasteiger partial charge in [0.25, 0.3) is 0 Å². The van der Waals surface area contributed by atoms with Gasteiger partial charge in [0.15, 0.2) is 0 Å². The zero-order valence-corrected chi connectivity index (χ0v) is 22.5. The third-order valence-corrected chi connectivity index (χ3v) is 7.15. The lowest BCUT2D eigenvalue weighted by molar-refractivity contribution is -0.138. The van der Waals surface area contributed by atoms with E-state index in [1.54, 1.807) is 0 Å². The lowest BCUT2D eigenvalue weighted by atomic mass is 10.1. The first-order chi connectivity index (χ1) is 17.3. The standard InChI is InChI=1S/C25H31ClF3N3O4S/c1-4-5-14-30-24(34)18(2)31(15-13-19-9-7-6-8-10-19)23(33)17-32(37(3,35)36)22-16-20(25(27,28)29)11-12-21(22)26/h6-12,16,18H,4-5,13-15,17H2,1-3H3,(H,30,34). The highest BCUT2D eigenvalue weighted by atomic mass is 35.5.